The van der Waals surface area contributed by atoms with Crippen LogP contribution in [0.1, 0.15) is 12.8 Å². The van der Waals surface area contributed by atoms with Crippen molar-refractivity contribution in [2.75, 3.05) is 20.2 Å². The van der Waals surface area contributed by atoms with E-state index in [1.54, 1.807) is 31.4 Å². The van der Waals surface area contributed by atoms with Crippen molar-refractivity contribution in [3.8, 4) is 5.75 Å². The molecule has 1 aromatic carbocycles. The summed E-state index contributed by atoms with van der Waals surface area (Å²) in [7, 11) is -4.29. The maximum Gasteiger partial charge on any atom is 0.246 e. The van der Waals surface area contributed by atoms with Crippen LogP contribution < -0.4 is 4.74 Å². The van der Waals surface area contributed by atoms with E-state index < -0.39 is 25.1 Å². The molecule has 0 atom stereocenters. The largest absolute Gasteiger partial charge is 0.495 e. The van der Waals surface area contributed by atoms with Gasteiger partial charge in [0.25, 0.3) is 0 Å². The molecular formula is C16H21N3O5S2. The number of hydrogen-bond acceptors (Lipinski definition) is 6. The number of benzene rings is 1. The average Bonchev–Trinajstić information content (AvgIpc) is 3.08. The second kappa shape index (κ2) is 7.01. The van der Waals surface area contributed by atoms with Crippen molar-refractivity contribution in [1.29, 1.82) is 0 Å². The number of imidazole rings is 1. The third-order valence-electron chi connectivity index (χ3n) is 4.56. The Morgan fingerprint density at radius 2 is 1.77 bits per heavy atom. The number of rotatable bonds is 5. The van der Waals surface area contributed by atoms with Crippen molar-refractivity contribution in [2.24, 2.45) is 7.05 Å². The molecule has 2 heterocycles. The first-order valence-corrected chi connectivity index (χ1v) is 11.1. The molecule has 0 unspecified atom stereocenters. The van der Waals surface area contributed by atoms with Crippen LogP contribution in [0.2, 0.25) is 0 Å². The fraction of sp³-hybridized carbons (Fsp3) is 0.438. The Morgan fingerprint density at radius 3 is 2.35 bits per heavy atom. The van der Waals surface area contributed by atoms with E-state index in [1.807, 2.05) is 0 Å². The van der Waals surface area contributed by atoms with Gasteiger partial charge < -0.3 is 9.30 Å². The third kappa shape index (κ3) is 3.24. The molecule has 1 fully saturated rings. The van der Waals surface area contributed by atoms with Crippen molar-refractivity contribution >= 4 is 19.9 Å². The van der Waals surface area contributed by atoms with E-state index in [1.165, 1.54) is 28.2 Å². The van der Waals surface area contributed by atoms with E-state index in [0.29, 0.717) is 0 Å². The Hall–Kier alpha value is -1.91. The highest BCUT2D eigenvalue weighted by molar-refractivity contribution is 7.92. The number of methoxy groups -OCH3 is 1. The summed E-state index contributed by atoms with van der Waals surface area (Å²) >= 11 is 0. The van der Waals surface area contributed by atoms with Gasteiger partial charge in [0.15, 0.2) is 0 Å². The van der Waals surface area contributed by atoms with Crippen LogP contribution in [0.3, 0.4) is 0 Å². The van der Waals surface area contributed by atoms with Gasteiger partial charge >= 0.3 is 0 Å². The summed E-state index contributed by atoms with van der Waals surface area (Å²) in [5.41, 5.74) is 0. The average molecular weight is 399 g/mol. The molecule has 1 saturated heterocycles. The molecule has 1 aliphatic heterocycles. The van der Waals surface area contributed by atoms with Gasteiger partial charge in [0.1, 0.15) is 10.6 Å². The van der Waals surface area contributed by atoms with Crippen LogP contribution >= 0.6 is 0 Å². The van der Waals surface area contributed by atoms with Crippen molar-refractivity contribution < 1.29 is 21.6 Å². The summed E-state index contributed by atoms with van der Waals surface area (Å²) in [5, 5.41) is -0.628. The minimum Gasteiger partial charge on any atom is -0.495 e. The summed E-state index contributed by atoms with van der Waals surface area (Å²) in [6.45, 7) is 0.267. The molecule has 0 aliphatic carbocycles. The molecule has 1 aromatic heterocycles. The molecule has 0 radical (unpaired) electrons. The number of para-hydroxylation sites is 1. The topological polar surface area (TPSA) is 98.6 Å². The zero-order chi connectivity index (χ0) is 18.9. The fourth-order valence-corrected chi connectivity index (χ4v) is 6.55. The van der Waals surface area contributed by atoms with E-state index >= 15 is 0 Å². The van der Waals surface area contributed by atoms with Crippen LogP contribution in [0.4, 0.5) is 0 Å². The Kier molecular flexibility index (Phi) is 5.09. The van der Waals surface area contributed by atoms with Crippen molar-refractivity contribution in [3.63, 3.8) is 0 Å². The van der Waals surface area contributed by atoms with Crippen LogP contribution in [0, 0.1) is 0 Å². The van der Waals surface area contributed by atoms with Crippen LogP contribution in [0.25, 0.3) is 0 Å². The summed E-state index contributed by atoms with van der Waals surface area (Å²) in [5.74, 6) is 0.273. The Labute approximate surface area is 153 Å². The Morgan fingerprint density at radius 1 is 1.12 bits per heavy atom. The van der Waals surface area contributed by atoms with Gasteiger partial charge in [-0.2, -0.15) is 4.31 Å². The molecule has 10 heteroatoms. The second-order valence-corrected chi connectivity index (χ2v) is 10.1. The quantitative estimate of drug-likeness (QED) is 0.745. The predicted octanol–water partition coefficient (Wildman–Crippen LogP) is 1.06. The van der Waals surface area contributed by atoms with Crippen LogP contribution in [-0.4, -0.2) is 56.1 Å². The van der Waals surface area contributed by atoms with E-state index in [0.717, 1.165) is 0 Å². The lowest BCUT2D eigenvalue weighted by atomic mass is 10.2. The summed E-state index contributed by atoms with van der Waals surface area (Å²) in [6.07, 6.45) is 3.47. The van der Waals surface area contributed by atoms with Crippen molar-refractivity contribution in [3.05, 3.63) is 36.7 Å². The van der Waals surface area contributed by atoms with Crippen molar-refractivity contribution in [2.45, 2.75) is 28.1 Å². The zero-order valence-electron chi connectivity index (χ0n) is 14.6. The normalized spacial score (nSPS) is 17.3. The fourth-order valence-electron chi connectivity index (χ4n) is 3.13. The minimum atomic E-state index is -3.74. The standard InChI is InChI=1S/C16H21N3O5S2/c1-18-12-9-17-16(18)25(20,21)13-7-10-19(11-8-13)26(22,23)15-6-4-3-5-14(15)24-2/h3-6,9,12-13H,7-8,10-11H2,1-2H3. The van der Waals surface area contributed by atoms with Gasteiger partial charge in [-0.1, -0.05) is 12.1 Å². The molecule has 0 N–H and O–H groups in total. The van der Waals surface area contributed by atoms with Crippen LogP contribution in [0.15, 0.2) is 46.7 Å². The van der Waals surface area contributed by atoms with Crippen LogP contribution in [0.5, 0.6) is 5.75 Å². The molecule has 0 spiro atoms. The number of nitrogens with zero attached hydrogens (tertiary/aromatic N) is 3. The molecule has 0 amide bonds. The number of hydrogen-bond donors (Lipinski definition) is 0. The zero-order valence-corrected chi connectivity index (χ0v) is 16.2. The minimum absolute atomic E-state index is 0.0172. The summed E-state index contributed by atoms with van der Waals surface area (Å²) < 4.78 is 59.1. The lowest BCUT2D eigenvalue weighted by Crippen LogP contribution is -2.42. The number of sulfonamides is 1. The second-order valence-electron chi connectivity index (χ2n) is 6.12. The highest BCUT2D eigenvalue weighted by atomic mass is 32.2. The molecule has 0 saturated carbocycles. The monoisotopic (exact) mass is 399 g/mol. The van der Waals surface area contributed by atoms with E-state index in [9.17, 15) is 16.8 Å². The maximum absolute atomic E-state index is 12.9. The van der Waals surface area contributed by atoms with E-state index in [-0.39, 0.29) is 41.7 Å². The van der Waals surface area contributed by atoms with E-state index in [2.05, 4.69) is 4.98 Å². The molecule has 2 aromatic rings. The third-order valence-corrected chi connectivity index (χ3v) is 8.75. The first kappa shape index (κ1) is 18.9. The number of aromatic nitrogens is 2. The van der Waals surface area contributed by atoms with E-state index in [4.69, 9.17) is 4.74 Å². The highest BCUT2D eigenvalue weighted by Crippen LogP contribution is 2.30. The number of piperidine rings is 1. The molecule has 142 valence electrons. The number of aryl methyl sites for hydroxylation is 1. The lowest BCUT2D eigenvalue weighted by molar-refractivity contribution is 0.341. The van der Waals surface area contributed by atoms with Gasteiger partial charge in [0.2, 0.25) is 25.0 Å². The molecule has 3 rings (SSSR count). The van der Waals surface area contributed by atoms with Crippen molar-refractivity contribution in [1.82, 2.24) is 13.9 Å². The Balaban J connectivity index is 1.79. The SMILES string of the molecule is COc1ccccc1S(=O)(=O)N1CCC(S(=O)(=O)c2nccn2C)CC1. The maximum atomic E-state index is 12.9. The first-order chi connectivity index (χ1) is 12.3. The van der Waals surface area contributed by atoms with Gasteiger partial charge in [0, 0.05) is 32.5 Å². The Bertz CT molecular complexity index is 990. The molecule has 8 nitrogen and oxygen atoms in total. The van der Waals surface area contributed by atoms with Gasteiger partial charge in [-0.25, -0.2) is 21.8 Å². The summed E-state index contributed by atoms with van der Waals surface area (Å²) in [6, 6.07) is 6.41. The molecular weight excluding hydrogens is 378 g/mol. The number of sulfone groups is 1. The smallest absolute Gasteiger partial charge is 0.246 e. The molecule has 1 aliphatic rings. The van der Waals surface area contributed by atoms with Gasteiger partial charge in [-0.3, -0.25) is 0 Å². The number of ether oxygens (including phenoxy) is 1. The van der Waals surface area contributed by atoms with Crippen LogP contribution in [-0.2, 0) is 26.9 Å². The van der Waals surface area contributed by atoms with Gasteiger partial charge in [-0.15, -0.1) is 0 Å². The molecule has 26 heavy (non-hydrogen) atoms. The predicted molar refractivity (Wildman–Crippen MR) is 95.2 cm³/mol. The molecule has 0 bridgehead atoms. The van der Waals surface area contributed by atoms with Gasteiger partial charge in [0.05, 0.1) is 12.4 Å². The lowest BCUT2D eigenvalue weighted by Gasteiger charge is -2.31. The summed E-state index contributed by atoms with van der Waals surface area (Å²) in [4.78, 5) is 4.02. The first-order valence-electron chi connectivity index (χ1n) is 8.13. The highest BCUT2D eigenvalue weighted by Gasteiger charge is 2.38. The van der Waals surface area contributed by atoms with Gasteiger partial charge in [-0.05, 0) is 25.0 Å².